The van der Waals surface area contributed by atoms with Crippen LogP contribution in [0.4, 0.5) is 5.69 Å². The molecule has 0 aliphatic heterocycles. The molecule has 0 aliphatic carbocycles. The van der Waals surface area contributed by atoms with Gasteiger partial charge >= 0.3 is 0 Å². The number of benzene rings is 2. The van der Waals surface area contributed by atoms with Gasteiger partial charge in [0.2, 0.25) is 0 Å². The minimum Gasteiger partial charge on any atom is -0.277 e. The number of aromatic amines is 1. The number of fused-ring (bicyclic) bond motifs is 1. The van der Waals surface area contributed by atoms with Gasteiger partial charge in [0, 0.05) is 0 Å². The van der Waals surface area contributed by atoms with Gasteiger partial charge in [0.05, 0.1) is 10.6 Å². The van der Waals surface area contributed by atoms with Crippen molar-refractivity contribution in [3.8, 4) is 0 Å². The van der Waals surface area contributed by atoms with Crippen LogP contribution in [0.1, 0.15) is 11.1 Å². The first-order chi connectivity index (χ1) is 9.97. The summed E-state index contributed by atoms with van der Waals surface area (Å²) in [6, 6.07) is 10.2. The lowest BCUT2D eigenvalue weighted by Crippen LogP contribution is -2.13. The number of sulfonamides is 1. The maximum atomic E-state index is 12.5. The number of nitrogens with one attached hydrogen (secondary N) is 2. The molecule has 0 saturated carbocycles. The molecule has 0 bridgehead atoms. The number of hydrogen-bond donors (Lipinski definition) is 2. The summed E-state index contributed by atoms with van der Waals surface area (Å²) >= 11 is 0. The summed E-state index contributed by atoms with van der Waals surface area (Å²) < 4.78 is 27.5. The summed E-state index contributed by atoms with van der Waals surface area (Å²) in [5.74, 6) is 0. The molecule has 0 fully saturated rings. The third-order valence-corrected chi connectivity index (χ3v) is 4.74. The van der Waals surface area contributed by atoms with E-state index in [4.69, 9.17) is 0 Å². The van der Waals surface area contributed by atoms with Gasteiger partial charge in [-0.2, -0.15) is 15.4 Å². The van der Waals surface area contributed by atoms with Crippen LogP contribution in [0.2, 0.25) is 0 Å². The summed E-state index contributed by atoms with van der Waals surface area (Å²) in [6.45, 7) is 3.82. The van der Waals surface area contributed by atoms with E-state index in [0.717, 1.165) is 11.1 Å². The fourth-order valence-electron chi connectivity index (χ4n) is 2.04. The Bertz CT molecular complexity index is 916. The van der Waals surface area contributed by atoms with Crippen molar-refractivity contribution < 1.29 is 8.42 Å². The van der Waals surface area contributed by atoms with Gasteiger partial charge < -0.3 is 0 Å². The van der Waals surface area contributed by atoms with E-state index in [1.807, 2.05) is 13.8 Å². The molecule has 3 rings (SSSR count). The van der Waals surface area contributed by atoms with E-state index in [0.29, 0.717) is 16.7 Å². The molecule has 1 aromatic heterocycles. The van der Waals surface area contributed by atoms with Gasteiger partial charge in [-0.1, -0.05) is 12.1 Å². The molecule has 0 amide bonds. The lowest BCUT2D eigenvalue weighted by atomic mass is 10.1. The highest BCUT2D eigenvalue weighted by Crippen LogP contribution is 2.23. The van der Waals surface area contributed by atoms with Crippen molar-refractivity contribution in [2.24, 2.45) is 0 Å². The summed E-state index contributed by atoms with van der Waals surface area (Å²) in [5, 5.41) is 10.4. The van der Waals surface area contributed by atoms with Crippen LogP contribution in [0.3, 0.4) is 0 Å². The summed E-state index contributed by atoms with van der Waals surface area (Å²) in [5.41, 5.74) is 3.48. The molecule has 1 heterocycles. The fraction of sp³-hybridized carbons (Fsp3) is 0.143. The Morgan fingerprint density at radius 3 is 2.62 bits per heavy atom. The van der Waals surface area contributed by atoms with Crippen LogP contribution < -0.4 is 4.72 Å². The van der Waals surface area contributed by atoms with Gasteiger partial charge in [-0.15, -0.1) is 0 Å². The SMILES string of the molecule is Cc1ccc(S(=O)(=O)Nc2cccc3n[nH]nc23)cc1C. The van der Waals surface area contributed by atoms with Gasteiger partial charge in [-0.05, 0) is 49.2 Å². The first kappa shape index (κ1) is 13.6. The Balaban J connectivity index is 2.03. The Kier molecular flexibility index (Phi) is 3.13. The van der Waals surface area contributed by atoms with E-state index in [2.05, 4.69) is 20.1 Å². The number of hydrogen-bond acceptors (Lipinski definition) is 4. The largest absolute Gasteiger partial charge is 0.277 e. The molecule has 2 aromatic carbocycles. The van der Waals surface area contributed by atoms with Gasteiger partial charge in [-0.25, -0.2) is 8.42 Å². The highest BCUT2D eigenvalue weighted by molar-refractivity contribution is 7.92. The molecule has 6 nitrogen and oxygen atoms in total. The third kappa shape index (κ3) is 2.47. The molecule has 0 unspecified atom stereocenters. The van der Waals surface area contributed by atoms with Crippen LogP contribution in [-0.2, 0) is 10.0 Å². The highest BCUT2D eigenvalue weighted by Gasteiger charge is 2.17. The molecule has 0 saturated heterocycles. The van der Waals surface area contributed by atoms with E-state index in [9.17, 15) is 8.42 Å². The van der Waals surface area contributed by atoms with E-state index in [-0.39, 0.29) is 4.90 Å². The fourth-order valence-corrected chi connectivity index (χ4v) is 3.19. The van der Waals surface area contributed by atoms with Crippen LogP contribution in [0.15, 0.2) is 41.3 Å². The van der Waals surface area contributed by atoms with Crippen molar-refractivity contribution in [2.75, 3.05) is 4.72 Å². The topological polar surface area (TPSA) is 87.7 Å². The average Bonchev–Trinajstić information content (AvgIpc) is 2.91. The lowest BCUT2D eigenvalue weighted by Gasteiger charge is -2.09. The second-order valence-corrected chi connectivity index (χ2v) is 6.53. The molecule has 108 valence electrons. The molecule has 0 aliphatic rings. The van der Waals surface area contributed by atoms with Gasteiger partial charge in [0.1, 0.15) is 11.0 Å². The Morgan fingerprint density at radius 2 is 1.86 bits per heavy atom. The molecule has 2 N–H and O–H groups in total. The van der Waals surface area contributed by atoms with E-state index >= 15 is 0 Å². The van der Waals surface area contributed by atoms with Crippen molar-refractivity contribution >= 4 is 26.7 Å². The first-order valence-electron chi connectivity index (χ1n) is 6.37. The van der Waals surface area contributed by atoms with E-state index in [1.165, 1.54) is 0 Å². The zero-order chi connectivity index (χ0) is 15.0. The monoisotopic (exact) mass is 302 g/mol. The van der Waals surface area contributed by atoms with Crippen LogP contribution in [0.25, 0.3) is 11.0 Å². The highest BCUT2D eigenvalue weighted by atomic mass is 32.2. The number of rotatable bonds is 3. The molecule has 3 aromatic rings. The van der Waals surface area contributed by atoms with Crippen LogP contribution >= 0.6 is 0 Å². The van der Waals surface area contributed by atoms with Crippen molar-refractivity contribution in [2.45, 2.75) is 18.7 Å². The minimum absolute atomic E-state index is 0.228. The van der Waals surface area contributed by atoms with Gasteiger partial charge in [0.15, 0.2) is 0 Å². The molecular weight excluding hydrogens is 288 g/mol. The molecule has 21 heavy (non-hydrogen) atoms. The van der Waals surface area contributed by atoms with Gasteiger partial charge in [0.25, 0.3) is 10.0 Å². The second kappa shape index (κ2) is 4.85. The van der Waals surface area contributed by atoms with E-state index < -0.39 is 10.0 Å². The lowest BCUT2D eigenvalue weighted by molar-refractivity contribution is 0.601. The number of aryl methyl sites for hydroxylation is 2. The van der Waals surface area contributed by atoms with Crippen molar-refractivity contribution in [3.05, 3.63) is 47.5 Å². The standard InChI is InChI=1S/C14H14N4O2S/c1-9-6-7-11(8-10(9)2)21(19,20)17-13-5-3-4-12-14(13)16-18-15-12/h3-8,17H,1-2H3,(H,15,16,18). The van der Waals surface area contributed by atoms with Crippen molar-refractivity contribution in [1.82, 2.24) is 15.4 Å². The zero-order valence-electron chi connectivity index (χ0n) is 11.6. The Hall–Kier alpha value is -2.41. The molecule has 0 radical (unpaired) electrons. The number of anilines is 1. The molecule has 0 spiro atoms. The Morgan fingerprint density at radius 1 is 1.05 bits per heavy atom. The summed E-state index contributed by atoms with van der Waals surface area (Å²) in [7, 11) is -3.65. The normalized spacial score (nSPS) is 11.7. The third-order valence-electron chi connectivity index (χ3n) is 3.38. The molecule has 7 heteroatoms. The van der Waals surface area contributed by atoms with Crippen LogP contribution in [-0.4, -0.2) is 23.8 Å². The van der Waals surface area contributed by atoms with Crippen molar-refractivity contribution in [3.63, 3.8) is 0 Å². The molecule has 0 atom stereocenters. The second-order valence-electron chi connectivity index (χ2n) is 4.85. The van der Waals surface area contributed by atoms with Crippen LogP contribution in [0.5, 0.6) is 0 Å². The quantitative estimate of drug-likeness (QED) is 0.777. The first-order valence-corrected chi connectivity index (χ1v) is 7.85. The summed E-state index contributed by atoms with van der Waals surface area (Å²) in [6.07, 6.45) is 0. The predicted octanol–water partition coefficient (Wildman–Crippen LogP) is 2.38. The summed E-state index contributed by atoms with van der Waals surface area (Å²) in [4.78, 5) is 0.228. The average molecular weight is 302 g/mol. The maximum Gasteiger partial charge on any atom is 0.261 e. The van der Waals surface area contributed by atoms with Crippen molar-refractivity contribution in [1.29, 1.82) is 0 Å². The molecular formula is C14H14N4O2S. The number of nitrogens with zero attached hydrogens (tertiary/aromatic N) is 2. The van der Waals surface area contributed by atoms with Gasteiger partial charge in [-0.3, -0.25) is 4.72 Å². The minimum atomic E-state index is -3.65. The van der Waals surface area contributed by atoms with Crippen LogP contribution in [0, 0.1) is 13.8 Å². The predicted molar refractivity (Wildman–Crippen MR) is 80.6 cm³/mol. The Labute approximate surface area is 122 Å². The number of aromatic nitrogens is 3. The van der Waals surface area contributed by atoms with E-state index in [1.54, 1.807) is 36.4 Å². The maximum absolute atomic E-state index is 12.5. The zero-order valence-corrected chi connectivity index (χ0v) is 12.4. The smallest absolute Gasteiger partial charge is 0.261 e. The number of para-hydroxylation sites is 1. The number of H-pyrrole nitrogens is 1.